The van der Waals surface area contributed by atoms with Crippen molar-refractivity contribution >= 4 is 23.2 Å². The quantitative estimate of drug-likeness (QED) is 0.877. The summed E-state index contributed by atoms with van der Waals surface area (Å²) in [6.07, 6.45) is 4.47. The van der Waals surface area contributed by atoms with Crippen molar-refractivity contribution in [3.05, 3.63) is 22.4 Å². The minimum atomic E-state index is -0.620. The Morgan fingerprint density at radius 1 is 1.25 bits per heavy atom. The number of amides is 1. The molecule has 5 heteroatoms. The summed E-state index contributed by atoms with van der Waals surface area (Å²) in [4.78, 5) is 24.8. The van der Waals surface area contributed by atoms with Gasteiger partial charge in [-0.25, -0.2) is 0 Å². The van der Waals surface area contributed by atoms with Crippen molar-refractivity contribution in [2.75, 3.05) is 0 Å². The van der Waals surface area contributed by atoms with Crippen LogP contribution in [0.15, 0.2) is 16.8 Å². The summed E-state index contributed by atoms with van der Waals surface area (Å²) < 4.78 is 0. The van der Waals surface area contributed by atoms with Gasteiger partial charge >= 0.3 is 5.97 Å². The van der Waals surface area contributed by atoms with Crippen molar-refractivity contribution < 1.29 is 14.7 Å². The van der Waals surface area contributed by atoms with E-state index in [-0.39, 0.29) is 11.9 Å². The van der Waals surface area contributed by atoms with E-state index in [1.165, 1.54) is 0 Å². The van der Waals surface area contributed by atoms with Gasteiger partial charge in [-0.2, -0.15) is 11.3 Å². The van der Waals surface area contributed by atoms with Crippen molar-refractivity contribution in [1.82, 2.24) is 5.32 Å². The van der Waals surface area contributed by atoms with E-state index in [1.54, 1.807) is 11.3 Å². The molecule has 4 aliphatic rings. The minimum absolute atomic E-state index is 0.0720. The smallest absolute Gasteiger partial charge is 0.309 e. The van der Waals surface area contributed by atoms with E-state index in [2.05, 4.69) is 5.32 Å². The number of carboxylic acid groups (broad SMARTS) is 1. The Balaban J connectivity index is 1.53. The highest BCUT2D eigenvalue weighted by molar-refractivity contribution is 7.08. The molecule has 24 heavy (non-hydrogen) atoms. The molecule has 4 saturated carbocycles. The molecule has 1 aromatic heterocycles. The number of rotatable bonds is 4. The second-order valence-electron chi connectivity index (χ2n) is 8.69. The fraction of sp³-hybridized carbons (Fsp3) is 0.684. The van der Waals surface area contributed by atoms with Crippen LogP contribution in [-0.2, 0) is 15.0 Å². The van der Waals surface area contributed by atoms with E-state index >= 15 is 0 Å². The second kappa shape index (κ2) is 5.32. The standard InChI is InChI=1S/C19H25NO3S/c1-18(2,14-3-4-24-10-14)16(21)20-15-12-5-11-6-13(15)9-19(7-11,8-12)17(22)23/h3-4,10-13,15H,5-9H2,1-2H3,(H,20,21)(H,22,23). The molecule has 4 fully saturated rings. The zero-order valence-electron chi connectivity index (χ0n) is 14.2. The normalized spacial score (nSPS) is 37.4. The number of carbonyl (C=O) groups excluding carboxylic acids is 1. The molecular weight excluding hydrogens is 322 g/mol. The maximum atomic E-state index is 12.9. The summed E-state index contributed by atoms with van der Waals surface area (Å²) in [5, 5.41) is 17.1. The number of thiophene rings is 1. The van der Waals surface area contributed by atoms with E-state index in [1.807, 2.05) is 30.7 Å². The Hall–Kier alpha value is -1.36. The molecule has 0 aromatic carbocycles. The molecular formula is C19H25NO3S. The van der Waals surface area contributed by atoms with E-state index in [0.717, 1.165) is 37.7 Å². The fourth-order valence-electron chi connectivity index (χ4n) is 5.60. The number of hydrogen-bond donors (Lipinski definition) is 2. The molecule has 5 rings (SSSR count). The number of hydrogen-bond acceptors (Lipinski definition) is 3. The van der Waals surface area contributed by atoms with Gasteiger partial charge in [-0.3, -0.25) is 9.59 Å². The van der Waals surface area contributed by atoms with Crippen molar-refractivity contribution in [1.29, 1.82) is 0 Å². The molecule has 4 aliphatic carbocycles. The second-order valence-corrected chi connectivity index (χ2v) is 9.47. The summed E-state index contributed by atoms with van der Waals surface area (Å²) in [6.45, 7) is 3.94. The van der Waals surface area contributed by atoms with Crippen molar-refractivity contribution in [2.45, 2.75) is 57.4 Å². The van der Waals surface area contributed by atoms with Gasteiger partial charge in [0.1, 0.15) is 0 Å². The lowest BCUT2D eigenvalue weighted by molar-refractivity contribution is -0.168. The third kappa shape index (κ3) is 2.32. The van der Waals surface area contributed by atoms with Crippen LogP contribution in [0.25, 0.3) is 0 Å². The third-order valence-corrected chi connectivity index (χ3v) is 7.52. The lowest BCUT2D eigenvalue weighted by Crippen LogP contribution is -2.62. The average Bonchev–Trinajstić information content (AvgIpc) is 3.05. The molecule has 1 heterocycles. The number of nitrogens with one attached hydrogen (secondary N) is 1. The highest BCUT2D eigenvalue weighted by Gasteiger charge is 2.59. The lowest BCUT2D eigenvalue weighted by atomic mass is 9.48. The summed E-state index contributed by atoms with van der Waals surface area (Å²) >= 11 is 1.61. The monoisotopic (exact) mass is 347 g/mol. The van der Waals surface area contributed by atoms with Crippen LogP contribution in [0.2, 0.25) is 0 Å². The summed E-state index contributed by atoms with van der Waals surface area (Å²) in [6, 6.07) is 2.17. The fourth-order valence-corrected chi connectivity index (χ4v) is 6.43. The van der Waals surface area contributed by atoms with Crippen LogP contribution in [0.1, 0.15) is 51.5 Å². The van der Waals surface area contributed by atoms with Crippen LogP contribution >= 0.6 is 11.3 Å². The summed E-state index contributed by atoms with van der Waals surface area (Å²) in [5.74, 6) is 0.647. The Bertz CT molecular complexity index is 650. The zero-order chi connectivity index (χ0) is 17.1. The van der Waals surface area contributed by atoms with Gasteiger partial charge in [0.05, 0.1) is 10.8 Å². The highest BCUT2D eigenvalue weighted by Crippen LogP contribution is 2.60. The van der Waals surface area contributed by atoms with E-state index < -0.39 is 16.8 Å². The zero-order valence-corrected chi connectivity index (χ0v) is 15.1. The molecule has 130 valence electrons. The Morgan fingerprint density at radius 2 is 1.92 bits per heavy atom. The molecule has 2 unspecified atom stereocenters. The maximum Gasteiger partial charge on any atom is 0.309 e. The number of aliphatic carboxylic acids is 1. The van der Waals surface area contributed by atoms with E-state index in [9.17, 15) is 14.7 Å². The van der Waals surface area contributed by atoms with Crippen LogP contribution in [0.3, 0.4) is 0 Å². The van der Waals surface area contributed by atoms with Crippen LogP contribution in [0, 0.1) is 23.2 Å². The largest absolute Gasteiger partial charge is 0.481 e. The van der Waals surface area contributed by atoms with Gasteiger partial charge in [-0.1, -0.05) is 0 Å². The van der Waals surface area contributed by atoms with Gasteiger partial charge in [0.2, 0.25) is 5.91 Å². The summed E-state index contributed by atoms with van der Waals surface area (Å²) in [5.41, 5.74) is -0.00411. The Kier molecular flexibility index (Phi) is 3.57. The third-order valence-electron chi connectivity index (χ3n) is 6.84. The number of carbonyl (C=O) groups is 2. The maximum absolute atomic E-state index is 12.9. The Morgan fingerprint density at radius 3 is 2.46 bits per heavy atom. The molecule has 2 N–H and O–H groups in total. The molecule has 4 bridgehead atoms. The predicted octanol–water partition coefficient (Wildman–Crippen LogP) is 3.42. The van der Waals surface area contributed by atoms with Crippen molar-refractivity contribution in [2.24, 2.45) is 23.2 Å². The van der Waals surface area contributed by atoms with Gasteiger partial charge < -0.3 is 10.4 Å². The molecule has 1 amide bonds. The molecule has 0 saturated heterocycles. The molecule has 0 aliphatic heterocycles. The first-order chi connectivity index (χ1) is 11.3. The molecule has 1 aromatic rings. The molecule has 0 spiro atoms. The van der Waals surface area contributed by atoms with Crippen LogP contribution in [0.5, 0.6) is 0 Å². The first-order valence-corrected chi connectivity index (χ1v) is 9.83. The van der Waals surface area contributed by atoms with Gasteiger partial charge in [0, 0.05) is 6.04 Å². The van der Waals surface area contributed by atoms with E-state index in [0.29, 0.717) is 17.8 Å². The van der Waals surface area contributed by atoms with Crippen LogP contribution in [0.4, 0.5) is 0 Å². The van der Waals surface area contributed by atoms with Gasteiger partial charge in [0.25, 0.3) is 0 Å². The summed E-state index contributed by atoms with van der Waals surface area (Å²) in [7, 11) is 0. The topological polar surface area (TPSA) is 66.4 Å². The van der Waals surface area contributed by atoms with Gasteiger partial charge in [-0.05, 0) is 86.1 Å². The lowest BCUT2D eigenvalue weighted by Gasteiger charge is -2.58. The van der Waals surface area contributed by atoms with Crippen LogP contribution in [-0.4, -0.2) is 23.0 Å². The van der Waals surface area contributed by atoms with Gasteiger partial charge in [-0.15, -0.1) is 0 Å². The molecule has 4 nitrogen and oxygen atoms in total. The van der Waals surface area contributed by atoms with Crippen LogP contribution < -0.4 is 5.32 Å². The molecule has 0 radical (unpaired) electrons. The minimum Gasteiger partial charge on any atom is -0.481 e. The first kappa shape index (κ1) is 16.1. The Labute approximate surface area is 146 Å². The van der Waals surface area contributed by atoms with E-state index in [4.69, 9.17) is 0 Å². The number of carboxylic acids is 1. The predicted molar refractivity (Wildman–Crippen MR) is 92.9 cm³/mol. The SMILES string of the molecule is CC(C)(C(=O)NC1C2CC3CC1CC(C(=O)O)(C3)C2)c1ccsc1. The van der Waals surface area contributed by atoms with Crippen molar-refractivity contribution in [3.63, 3.8) is 0 Å². The van der Waals surface area contributed by atoms with Crippen molar-refractivity contribution in [3.8, 4) is 0 Å². The highest BCUT2D eigenvalue weighted by atomic mass is 32.1. The average molecular weight is 347 g/mol. The molecule has 2 atom stereocenters. The first-order valence-electron chi connectivity index (χ1n) is 8.89. The van der Waals surface area contributed by atoms with Gasteiger partial charge in [0.15, 0.2) is 0 Å².